The summed E-state index contributed by atoms with van der Waals surface area (Å²) >= 11 is 0. The van der Waals surface area contributed by atoms with E-state index in [1.807, 2.05) is 30.3 Å². The number of nitrogens with one attached hydrogen (secondary N) is 1. The fourth-order valence-corrected chi connectivity index (χ4v) is 5.36. The summed E-state index contributed by atoms with van der Waals surface area (Å²) in [5.41, 5.74) is 1.27. The van der Waals surface area contributed by atoms with Crippen LogP contribution in [0.2, 0.25) is 0 Å². The minimum Gasteiger partial charge on any atom is -0.381 e. The molecule has 0 unspecified atom stereocenters. The Morgan fingerprint density at radius 1 is 0.971 bits per heavy atom. The summed E-state index contributed by atoms with van der Waals surface area (Å²) in [4.78, 5) is 13.5. The Kier molecular flexibility index (Phi) is 7.11. The maximum Gasteiger partial charge on any atom is 0.243 e. The molecule has 0 bridgehead atoms. The third kappa shape index (κ3) is 5.04. The zero-order chi connectivity index (χ0) is 24.2. The summed E-state index contributed by atoms with van der Waals surface area (Å²) in [6.45, 7) is 1.11. The number of amides is 1. The number of nitrogens with zero attached hydrogens (tertiary/aromatic N) is 1. The number of ether oxygens (including phenoxy) is 1. The molecule has 4 rings (SSSR count). The molecule has 0 aliphatic carbocycles. The highest BCUT2D eigenvalue weighted by Crippen LogP contribution is 2.36. The maximum atomic E-state index is 13.5. The van der Waals surface area contributed by atoms with E-state index < -0.39 is 15.4 Å². The first-order chi connectivity index (χ1) is 16.3. The van der Waals surface area contributed by atoms with Gasteiger partial charge in [-0.2, -0.15) is 4.31 Å². The molecule has 34 heavy (non-hydrogen) atoms. The number of hydrogen-bond donors (Lipinski definition) is 1. The Balaban J connectivity index is 1.51. The molecule has 3 aromatic carbocycles. The van der Waals surface area contributed by atoms with Crippen LogP contribution in [0.1, 0.15) is 24.0 Å². The topological polar surface area (TPSA) is 75.7 Å². The zero-order valence-electron chi connectivity index (χ0n) is 18.9. The summed E-state index contributed by atoms with van der Waals surface area (Å²) in [5, 5.41) is 2.92. The highest BCUT2D eigenvalue weighted by molar-refractivity contribution is 7.89. The predicted octanol–water partition coefficient (Wildman–Crippen LogP) is 4.33. The van der Waals surface area contributed by atoms with E-state index in [1.165, 1.54) is 35.6 Å². The van der Waals surface area contributed by atoms with Gasteiger partial charge in [0.05, 0.1) is 10.3 Å². The van der Waals surface area contributed by atoms with Crippen molar-refractivity contribution in [3.63, 3.8) is 0 Å². The molecule has 0 atom stereocenters. The third-order valence-electron chi connectivity index (χ3n) is 6.25. The van der Waals surface area contributed by atoms with Crippen LogP contribution in [0.5, 0.6) is 0 Å². The molecule has 8 heteroatoms. The van der Waals surface area contributed by atoms with Gasteiger partial charge in [0.15, 0.2) is 0 Å². The number of benzene rings is 3. The van der Waals surface area contributed by atoms with Gasteiger partial charge in [0, 0.05) is 32.5 Å². The number of carbonyl (C=O) groups is 1. The van der Waals surface area contributed by atoms with Gasteiger partial charge in [0.1, 0.15) is 5.82 Å². The molecule has 1 aliphatic heterocycles. The number of rotatable bonds is 7. The standard InChI is InChI=1S/C26H27FN2O4S/c1-29(19-20-5-3-2-4-6-20)34(31,32)24-13-11-23(12-14-24)28-25(30)26(15-17-33-18-16-26)21-7-9-22(27)10-8-21/h2-14H,15-19H2,1H3,(H,28,30). The minimum absolute atomic E-state index is 0.142. The Labute approximate surface area is 199 Å². The fourth-order valence-electron chi connectivity index (χ4n) is 4.20. The van der Waals surface area contributed by atoms with E-state index in [0.717, 1.165) is 11.1 Å². The smallest absolute Gasteiger partial charge is 0.243 e. The Morgan fingerprint density at radius 3 is 2.21 bits per heavy atom. The first kappa shape index (κ1) is 24.1. The van der Waals surface area contributed by atoms with Crippen LogP contribution in [0, 0.1) is 5.82 Å². The second-order valence-corrected chi connectivity index (χ2v) is 10.5. The van der Waals surface area contributed by atoms with Gasteiger partial charge in [0.2, 0.25) is 15.9 Å². The molecule has 0 radical (unpaired) electrons. The lowest BCUT2D eigenvalue weighted by Crippen LogP contribution is -2.44. The Bertz CT molecular complexity index is 1220. The molecule has 1 heterocycles. The van der Waals surface area contributed by atoms with E-state index in [9.17, 15) is 17.6 Å². The normalized spacial score (nSPS) is 15.7. The van der Waals surface area contributed by atoms with Gasteiger partial charge in [0.25, 0.3) is 0 Å². The van der Waals surface area contributed by atoms with Crippen LogP contribution in [0.25, 0.3) is 0 Å². The van der Waals surface area contributed by atoms with Crippen LogP contribution >= 0.6 is 0 Å². The van der Waals surface area contributed by atoms with Crippen molar-refractivity contribution in [2.75, 3.05) is 25.6 Å². The van der Waals surface area contributed by atoms with Crippen molar-refractivity contribution < 1.29 is 22.3 Å². The van der Waals surface area contributed by atoms with Crippen molar-refractivity contribution in [2.45, 2.75) is 29.7 Å². The van der Waals surface area contributed by atoms with E-state index >= 15 is 0 Å². The molecule has 1 amide bonds. The SMILES string of the molecule is CN(Cc1ccccc1)S(=O)(=O)c1ccc(NC(=O)C2(c3ccc(F)cc3)CCOCC2)cc1. The molecule has 1 fully saturated rings. The van der Waals surface area contributed by atoms with Gasteiger partial charge >= 0.3 is 0 Å². The average molecular weight is 483 g/mol. The molecule has 0 aromatic heterocycles. The predicted molar refractivity (Wildman–Crippen MR) is 128 cm³/mol. The highest BCUT2D eigenvalue weighted by Gasteiger charge is 2.41. The number of sulfonamides is 1. The largest absolute Gasteiger partial charge is 0.381 e. The minimum atomic E-state index is -3.69. The number of hydrogen-bond acceptors (Lipinski definition) is 4. The third-order valence-corrected chi connectivity index (χ3v) is 8.06. The lowest BCUT2D eigenvalue weighted by atomic mass is 9.73. The monoisotopic (exact) mass is 482 g/mol. The van der Waals surface area contributed by atoms with E-state index in [1.54, 1.807) is 24.3 Å². The van der Waals surface area contributed by atoms with Crippen LogP contribution < -0.4 is 5.32 Å². The number of anilines is 1. The second-order valence-electron chi connectivity index (χ2n) is 8.43. The molecule has 0 saturated carbocycles. The quantitative estimate of drug-likeness (QED) is 0.544. The summed E-state index contributed by atoms with van der Waals surface area (Å²) < 4.78 is 46.2. The highest BCUT2D eigenvalue weighted by atomic mass is 32.2. The van der Waals surface area contributed by atoms with Crippen molar-refractivity contribution in [1.29, 1.82) is 0 Å². The van der Waals surface area contributed by atoms with Gasteiger partial charge in [-0.15, -0.1) is 0 Å². The lowest BCUT2D eigenvalue weighted by molar-refractivity contribution is -0.125. The van der Waals surface area contributed by atoms with Crippen LogP contribution in [0.3, 0.4) is 0 Å². The molecule has 1 N–H and O–H groups in total. The van der Waals surface area contributed by atoms with Gasteiger partial charge in [-0.1, -0.05) is 42.5 Å². The van der Waals surface area contributed by atoms with Crippen LogP contribution in [-0.2, 0) is 31.5 Å². The van der Waals surface area contributed by atoms with Crippen molar-refractivity contribution in [1.82, 2.24) is 4.31 Å². The van der Waals surface area contributed by atoms with Gasteiger partial charge < -0.3 is 10.1 Å². The van der Waals surface area contributed by atoms with E-state index in [-0.39, 0.29) is 23.2 Å². The van der Waals surface area contributed by atoms with Crippen molar-refractivity contribution in [3.05, 3.63) is 95.8 Å². The van der Waals surface area contributed by atoms with Gasteiger partial charge in [-0.25, -0.2) is 12.8 Å². The fraction of sp³-hybridized carbons (Fsp3) is 0.269. The van der Waals surface area contributed by atoms with E-state index in [2.05, 4.69) is 5.32 Å². The van der Waals surface area contributed by atoms with Crippen molar-refractivity contribution >= 4 is 21.6 Å². The van der Waals surface area contributed by atoms with Crippen LogP contribution in [0.15, 0.2) is 83.8 Å². The van der Waals surface area contributed by atoms with Crippen LogP contribution in [-0.4, -0.2) is 38.9 Å². The lowest BCUT2D eigenvalue weighted by Gasteiger charge is -2.36. The Hall–Kier alpha value is -3.07. The summed E-state index contributed by atoms with van der Waals surface area (Å²) in [5.74, 6) is -0.584. The molecular weight excluding hydrogens is 455 g/mol. The first-order valence-electron chi connectivity index (χ1n) is 11.1. The molecule has 6 nitrogen and oxygen atoms in total. The number of halogens is 1. The maximum absolute atomic E-state index is 13.5. The van der Waals surface area contributed by atoms with Gasteiger partial charge in [-0.05, 0) is 60.4 Å². The molecule has 3 aromatic rings. The van der Waals surface area contributed by atoms with E-state index in [4.69, 9.17) is 4.74 Å². The molecule has 0 spiro atoms. The molecule has 1 aliphatic rings. The molecular formula is C26H27FN2O4S. The van der Waals surface area contributed by atoms with Crippen molar-refractivity contribution in [3.8, 4) is 0 Å². The molecule has 1 saturated heterocycles. The summed E-state index contributed by atoms with van der Waals surface area (Å²) in [6, 6.07) is 21.5. The Morgan fingerprint density at radius 2 is 1.59 bits per heavy atom. The average Bonchev–Trinajstić information content (AvgIpc) is 2.86. The summed E-state index contributed by atoms with van der Waals surface area (Å²) in [7, 11) is -2.16. The molecule has 178 valence electrons. The zero-order valence-corrected chi connectivity index (χ0v) is 19.7. The first-order valence-corrected chi connectivity index (χ1v) is 12.5. The van der Waals surface area contributed by atoms with Crippen molar-refractivity contribution in [2.24, 2.45) is 0 Å². The van der Waals surface area contributed by atoms with Gasteiger partial charge in [-0.3, -0.25) is 4.79 Å². The summed E-state index contributed by atoms with van der Waals surface area (Å²) in [6.07, 6.45) is 0.947. The van der Waals surface area contributed by atoms with E-state index in [0.29, 0.717) is 31.7 Å². The van der Waals surface area contributed by atoms with Crippen LogP contribution in [0.4, 0.5) is 10.1 Å². The second kappa shape index (κ2) is 10.0. The number of carbonyl (C=O) groups excluding carboxylic acids is 1.